The lowest BCUT2D eigenvalue weighted by Crippen LogP contribution is -2.38. The van der Waals surface area contributed by atoms with Crippen LogP contribution in [0.25, 0.3) is 0 Å². The number of likely N-dealkylation sites (tertiary alicyclic amines) is 1. The Balaban J connectivity index is 2.13. The smallest absolute Gasteiger partial charge is 0.366 e. The lowest BCUT2D eigenvalue weighted by molar-refractivity contribution is -0.327. The fourth-order valence-corrected chi connectivity index (χ4v) is 2.48. The van der Waals surface area contributed by atoms with E-state index in [-0.39, 0.29) is 24.6 Å². The summed E-state index contributed by atoms with van der Waals surface area (Å²) in [4.78, 5) is 24.1. The predicted octanol–water partition coefficient (Wildman–Crippen LogP) is 0.846. The monoisotopic (exact) mass is 332 g/mol. The van der Waals surface area contributed by atoms with E-state index in [0.717, 1.165) is 6.08 Å². The second-order valence-corrected chi connectivity index (χ2v) is 5.07. The number of ether oxygens (including phenoxy) is 1. The topological polar surface area (TPSA) is 90.5 Å². The summed E-state index contributed by atoms with van der Waals surface area (Å²) in [5.41, 5.74) is 5.31. The van der Waals surface area contributed by atoms with Crippen LogP contribution in [0.2, 0.25) is 0 Å². The molecule has 1 aliphatic rings. The van der Waals surface area contributed by atoms with Crippen LogP contribution in [0.5, 0.6) is 0 Å². The summed E-state index contributed by atoms with van der Waals surface area (Å²) in [5.74, 6) is -1.16. The predicted molar refractivity (Wildman–Crippen MR) is 72.1 cm³/mol. The quantitative estimate of drug-likeness (QED) is 0.809. The Labute approximate surface area is 129 Å². The fourth-order valence-electron chi connectivity index (χ4n) is 2.48. The van der Waals surface area contributed by atoms with Crippen molar-refractivity contribution in [3.63, 3.8) is 0 Å². The highest BCUT2D eigenvalue weighted by Gasteiger charge is 2.39. The van der Waals surface area contributed by atoms with Crippen LogP contribution in [0.3, 0.4) is 0 Å². The van der Waals surface area contributed by atoms with Gasteiger partial charge in [-0.3, -0.25) is 19.0 Å². The number of hydrogen-bond donors (Lipinski definition) is 1. The zero-order valence-corrected chi connectivity index (χ0v) is 12.0. The maximum Gasteiger partial charge on any atom is 0.522 e. The third-order valence-corrected chi connectivity index (χ3v) is 3.55. The summed E-state index contributed by atoms with van der Waals surface area (Å²) in [5, 5.41) is 3.97. The number of primary amides is 1. The first-order valence-electron chi connectivity index (χ1n) is 6.69. The normalized spacial score (nSPS) is 21.4. The van der Waals surface area contributed by atoms with Gasteiger partial charge in [0, 0.05) is 12.7 Å². The molecule has 23 heavy (non-hydrogen) atoms. The summed E-state index contributed by atoms with van der Waals surface area (Å²) in [6, 6.07) is -1.15. The zero-order chi connectivity index (χ0) is 17.2. The fraction of sp³-hybridized carbons (Fsp3) is 0.462. The average molecular weight is 332 g/mol. The summed E-state index contributed by atoms with van der Waals surface area (Å²) >= 11 is 0. The molecule has 2 heterocycles. The van der Waals surface area contributed by atoms with Gasteiger partial charge in [0.2, 0.25) is 5.91 Å². The molecule has 0 aromatic carbocycles. The molecule has 10 heteroatoms. The molecule has 0 spiro atoms. The number of amides is 2. The molecule has 1 aliphatic heterocycles. The van der Waals surface area contributed by atoms with Crippen molar-refractivity contribution in [3.05, 3.63) is 30.6 Å². The van der Waals surface area contributed by atoms with E-state index in [1.807, 2.05) is 0 Å². The summed E-state index contributed by atoms with van der Waals surface area (Å²) in [7, 11) is 0. The zero-order valence-electron chi connectivity index (χ0n) is 12.0. The molecule has 0 saturated carbocycles. The Morgan fingerprint density at radius 1 is 1.52 bits per heavy atom. The van der Waals surface area contributed by atoms with Crippen molar-refractivity contribution in [2.75, 3.05) is 13.2 Å². The van der Waals surface area contributed by atoms with E-state index < -0.39 is 30.8 Å². The third-order valence-electron chi connectivity index (χ3n) is 3.55. The SMILES string of the molecule is C=CC(=O)N1C[C@@H](n2cc(C(N)=O)cn2)C[C@@H]1COC(F)(F)F. The summed E-state index contributed by atoms with van der Waals surface area (Å²) < 4.78 is 41.9. The number of nitrogens with two attached hydrogens (primary N) is 1. The number of carbonyl (C=O) groups excluding carboxylic acids is 2. The lowest BCUT2D eigenvalue weighted by atomic mass is 10.2. The van der Waals surface area contributed by atoms with Crippen molar-refractivity contribution >= 4 is 11.8 Å². The van der Waals surface area contributed by atoms with Crippen LogP contribution in [0.15, 0.2) is 25.0 Å². The molecule has 0 bridgehead atoms. The largest absolute Gasteiger partial charge is 0.522 e. The van der Waals surface area contributed by atoms with Gasteiger partial charge in [0.15, 0.2) is 0 Å². The van der Waals surface area contributed by atoms with Crippen molar-refractivity contribution in [2.24, 2.45) is 5.73 Å². The lowest BCUT2D eigenvalue weighted by Gasteiger charge is -2.23. The molecular weight excluding hydrogens is 317 g/mol. The van der Waals surface area contributed by atoms with Gasteiger partial charge in [0.1, 0.15) is 0 Å². The average Bonchev–Trinajstić information content (AvgIpc) is 3.10. The first-order chi connectivity index (χ1) is 10.7. The summed E-state index contributed by atoms with van der Waals surface area (Å²) in [6.07, 6.45) is -0.875. The number of rotatable bonds is 5. The minimum atomic E-state index is -4.77. The highest BCUT2D eigenvalue weighted by molar-refractivity contribution is 5.92. The van der Waals surface area contributed by atoms with Gasteiger partial charge in [0.05, 0.1) is 30.5 Å². The Bertz CT molecular complexity index is 614. The number of aromatic nitrogens is 2. The van der Waals surface area contributed by atoms with Crippen LogP contribution in [-0.4, -0.2) is 52.1 Å². The molecular formula is C13H15F3N4O3. The van der Waals surface area contributed by atoms with Crippen molar-refractivity contribution in [2.45, 2.75) is 24.9 Å². The van der Waals surface area contributed by atoms with Crippen LogP contribution in [-0.2, 0) is 9.53 Å². The van der Waals surface area contributed by atoms with Crippen molar-refractivity contribution in [3.8, 4) is 0 Å². The second kappa shape index (κ2) is 6.41. The molecule has 1 fully saturated rings. The molecule has 1 aromatic heterocycles. The van der Waals surface area contributed by atoms with E-state index in [9.17, 15) is 22.8 Å². The van der Waals surface area contributed by atoms with Gasteiger partial charge in [-0.25, -0.2) is 0 Å². The summed E-state index contributed by atoms with van der Waals surface area (Å²) in [6.45, 7) is 2.79. The number of hydrogen-bond acceptors (Lipinski definition) is 4. The number of alkyl halides is 3. The first-order valence-corrected chi connectivity index (χ1v) is 6.69. The highest BCUT2D eigenvalue weighted by Crippen LogP contribution is 2.29. The van der Waals surface area contributed by atoms with E-state index in [2.05, 4.69) is 16.4 Å². The highest BCUT2D eigenvalue weighted by atomic mass is 19.4. The van der Waals surface area contributed by atoms with Gasteiger partial charge in [-0.2, -0.15) is 5.10 Å². The number of nitrogens with zero attached hydrogens (tertiary/aromatic N) is 3. The third kappa shape index (κ3) is 4.09. The van der Waals surface area contributed by atoms with E-state index in [1.165, 1.54) is 22.0 Å². The number of halogens is 3. The molecule has 0 unspecified atom stereocenters. The molecule has 2 amide bonds. The maximum atomic E-state index is 12.2. The molecule has 0 aliphatic carbocycles. The van der Waals surface area contributed by atoms with Crippen LogP contribution >= 0.6 is 0 Å². The first kappa shape index (κ1) is 17.0. The van der Waals surface area contributed by atoms with Gasteiger partial charge in [-0.1, -0.05) is 6.58 Å². The molecule has 126 valence electrons. The van der Waals surface area contributed by atoms with Gasteiger partial charge in [0.25, 0.3) is 5.91 Å². The molecule has 2 rings (SSSR count). The Kier molecular flexibility index (Phi) is 4.73. The van der Waals surface area contributed by atoms with Crippen LogP contribution in [0, 0.1) is 0 Å². The molecule has 7 nitrogen and oxygen atoms in total. The standard InChI is InChI=1S/C13H15F3N4O3/c1-2-11(21)19-6-9(3-10(19)7-23-13(14,15)16)20-5-8(4-18-20)12(17)22/h2,4-5,9-10H,1,3,6-7H2,(H2,17,22)/t9-,10+/m0/s1. The van der Waals surface area contributed by atoms with E-state index in [1.54, 1.807) is 0 Å². The van der Waals surface area contributed by atoms with E-state index in [4.69, 9.17) is 5.73 Å². The van der Waals surface area contributed by atoms with Crippen molar-refractivity contribution in [1.82, 2.24) is 14.7 Å². The van der Waals surface area contributed by atoms with E-state index >= 15 is 0 Å². The van der Waals surface area contributed by atoms with Gasteiger partial charge in [-0.15, -0.1) is 13.2 Å². The minimum absolute atomic E-state index is 0.136. The molecule has 0 radical (unpaired) electrons. The van der Waals surface area contributed by atoms with Gasteiger partial charge in [-0.05, 0) is 12.5 Å². The number of carbonyl (C=O) groups is 2. The van der Waals surface area contributed by atoms with Gasteiger partial charge >= 0.3 is 6.36 Å². The van der Waals surface area contributed by atoms with Crippen LogP contribution in [0.1, 0.15) is 22.8 Å². The van der Waals surface area contributed by atoms with Crippen LogP contribution < -0.4 is 5.73 Å². The van der Waals surface area contributed by atoms with Crippen molar-refractivity contribution in [1.29, 1.82) is 0 Å². The van der Waals surface area contributed by atoms with Crippen molar-refractivity contribution < 1.29 is 27.5 Å². The maximum absolute atomic E-state index is 12.2. The molecule has 1 saturated heterocycles. The Morgan fingerprint density at radius 2 is 2.22 bits per heavy atom. The minimum Gasteiger partial charge on any atom is -0.366 e. The molecule has 2 N–H and O–H groups in total. The second-order valence-electron chi connectivity index (χ2n) is 5.07. The van der Waals surface area contributed by atoms with E-state index in [0.29, 0.717) is 0 Å². The molecule has 1 aromatic rings. The van der Waals surface area contributed by atoms with Gasteiger partial charge < -0.3 is 10.6 Å². The molecule has 2 atom stereocenters. The Hall–Kier alpha value is -2.36. The van der Waals surface area contributed by atoms with Crippen LogP contribution in [0.4, 0.5) is 13.2 Å². The Morgan fingerprint density at radius 3 is 2.74 bits per heavy atom.